The molecule has 0 bridgehead atoms. The summed E-state index contributed by atoms with van der Waals surface area (Å²) in [5.41, 5.74) is 5.84. The molecule has 1 amide bonds. The lowest BCUT2D eigenvalue weighted by atomic mass is 10.1. The summed E-state index contributed by atoms with van der Waals surface area (Å²) in [5, 5.41) is 0. The van der Waals surface area contributed by atoms with Crippen molar-refractivity contribution in [1.82, 2.24) is 4.90 Å². The van der Waals surface area contributed by atoms with Gasteiger partial charge in [-0.2, -0.15) is 11.8 Å². The van der Waals surface area contributed by atoms with Crippen LogP contribution in [0.2, 0.25) is 0 Å². The minimum Gasteiger partial charge on any atom is -0.464 e. The van der Waals surface area contributed by atoms with Crippen LogP contribution in [0.5, 0.6) is 0 Å². The van der Waals surface area contributed by atoms with E-state index in [4.69, 9.17) is 10.5 Å². The van der Waals surface area contributed by atoms with E-state index in [0.717, 1.165) is 12.2 Å². The topological polar surface area (TPSA) is 72.6 Å². The zero-order valence-corrected chi connectivity index (χ0v) is 11.9. The van der Waals surface area contributed by atoms with Gasteiger partial charge in [0.2, 0.25) is 5.91 Å². The molecule has 1 heterocycles. The smallest absolute Gasteiger partial charge is 0.329 e. The van der Waals surface area contributed by atoms with Gasteiger partial charge >= 0.3 is 5.97 Å². The molecule has 0 aliphatic carbocycles. The predicted octanol–water partition coefficient (Wildman–Crippen LogP) is 0.621. The number of thioether (sulfide) groups is 1. The Balaban J connectivity index is 2.69. The van der Waals surface area contributed by atoms with Crippen LogP contribution in [0.3, 0.4) is 0 Å². The summed E-state index contributed by atoms with van der Waals surface area (Å²) >= 11 is 1.67. The third-order valence-corrected chi connectivity index (χ3v) is 3.91. The predicted molar refractivity (Wildman–Crippen MR) is 72.3 cm³/mol. The van der Waals surface area contributed by atoms with Gasteiger partial charge in [0, 0.05) is 18.1 Å². The Labute approximate surface area is 112 Å². The number of carbonyl (C=O) groups excluding carboxylic acids is 2. The quantitative estimate of drug-likeness (QED) is 0.744. The SMILES string of the molecule is CCC[C@@H](N)C(=O)N1CCSCC1C(=O)OCC. The van der Waals surface area contributed by atoms with E-state index in [1.54, 1.807) is 23.6 Å². The van der Waals surface area contributed by atoms with Crippen LogP contribution in [0, 0.1) is 0 Å². The average molecular weight is 274 g/mol. The molecule has 6 heteroatoms. The maximum Gasteiger partial charge on any atom is 0.329 e. The first kappa shape index (κ1) is 15.3. The van der Waals surface area contributed by atoms with E-state index >= 15 is 0 Å². The molecule has 1 fully saturated rings. The fourth-order valence-electron chi connectivity index (χ4n) is 1.95. The fraction of sp³-hybridized carbons (Fsp3) is 0.833. The number of amides is 1. The molecule has 104 valence electrons. The third kappa shape index (κ3) is 3.88. The molecule has 2 atom stereocenters. The van der Waals surface area contributed by atoms with Gasteiger partial charge in [0.25, 0.3) is 0 Å². The molecule has 1 saturated heterocycles. The standard InChI is InChI=1S/C12H22N2O3S/c1-3-5-9(13)11(15)14-6-7-18-8-10(14)12(16)17-4-2/h9-10H,3-8,13H2,1-2H3/t9-,10?/m1/s1. The summed E-state index contributed by atoms with van der Waals surface area (Å²) in [6, 6.07) is -0.978. The van der Waals surface area contributed by atoms with Crippen molar-refractivity contribution in [3.8, 4) is 0 Å². The maximum atomic E-state index is 12.2. The minimum atomic E-state index is -0.505. The second-order valence-electron chi connectivity index (χ2n) is 4.27. The molecular weight excluding hydrogens is 252 g/mol. The van der Waals surface area contributed by atoms with E-state index in [9.17, 15) is 9.59 Å². The highest BCUT2D eigenvalue weighted by Crippen LogP contribution is 2.19. The Hall–Kier alpha value is -0.750. The van der Waals surface area contributed by atoms with Crippen molar-refractivity contribution in [2.24, 2.45) is 5.73 Å². The van der Waals surface area contributed by atoms with Gasteiger partial charge in [0.1, 0.15) is 6.04 Å². The van der Waals surface area contributed by atoms with Crippen molar-refractivity contribution in [3.63, 3.8) is 0 Å². The number of ether oxygens (including phenoxy) is 1. The van der Waals surface area contributed by atoms with Crippen LogP contribution in [0.25, 0.3) is 0 Å². The molecule has 0 spiro atoms. The lowest BCUT2D eigenvalue weighted by Gasteiger charge is -2.35. The van der Waals surface area contributed by atoms with Crippen LogP contribution in [0.15, 0.2) is 0 Å². The summed E-state index contributed by atoms with van der Waals surface area (Å²) < 4.78 is 5.01. The molecule has 1 aliphatic heterocycles. The molecular formula is C12H22N2O3S. The van der Waals surface area contributed by atoms with Crippen LogP contribution in [-0.4, -0.2) is 53.5 Å². The molecule has 0 radical (unpaired) electrons. The summed E-state index contributed by atoms with van der Waals surface area (Å²) in [6.07, 6.45) is 1.51. The molecule has 1 aliphatic rings. The molecule has 0 aromatic rings. The van der Waals surface area contributed by atoms with Gasteiger partial charge in [0.15, 0.2) is 0 Å². The van der Waals surface area contributed by atoms with Crippen LogP contribution in [0.4, 0.5) is 0 Å². The Kier molecular flexibility index (Phi) is 6.49. The summed E-state index contributed by atoms with van der Waals surface area (Å²) in [4.78, 5) is 25.6. The second-order valence-corrected chi connectivity index (χ2v) is 5.42. The minimum absolute atomic E-state index is 0.129. The summed E-state index contributed by atoms with van der Waals surface area (Å²) in [5.74, 6) is 1.00. The molecule has 0 aromatic carbocycles. The molecule has 2 N–H and O–H groups in total. The number of nitrogens with zero attached hydrogens (tertiary/aromatic N) is 1. The average Bonchev–Trinajstić information content (AvgIpc) is 2.38. The molecule has 5 nitrogen and oxygen atoms in total. The Morgan fingerprint density at radius 1 is 1.50 bits per heavy atom. The number of hydrogen-bond acceptors (Lipinski definition) is 5. The number of carbonyl (C=O) groups is 2. The van der Waals surface area contributed by atoms with E-state index in [-0.39, 0.29) is 11.9 Å². The largest absolute Gasteiger partial charge is 0.464 e. The van der Waals surface area contributed by atoms with Crippen molar-refractivity contribution in [2.45, 2.75) is 38.8 Å². The van der Waals surface area contributed by atoms with Gasteiger partial charge in [-0.15, -0.1) is 0 Å². The fourth-order valence-corrected chi connectivity index (χ4v) is 2.98. The highest BCUT2D eigenvalue weighted by atomic mass is 32.2. The zero-order chi connectivity index (χ0) is 13.5. The van der Waals surface area contributed by atoms with Crippen molar-refractivity contribution in [1.29, 1.82) is 0 Å². The van der Waals surface area contributed by atoms with E-state index in [2.05, 4.69) is 0 Å². The van der Waals surface area contributed by atoms with Crippen molar-refractivity contribution in [3.05, 3.63) is 0 Å². The molecule has 0 saturated carbocycles. The van der Waals surface area contributed by atoms with Gasteiger partial charge in [0.05, 0.1) is 12.6 Å². The maximum absolute atomic E-state index is 12.2. The van der Waals surface area contributed by atoms with Gasteiger partial charge in [-0.3, -0.25) is 4.79 Å². The number of esters is 1. The van der Waals surface area contributed by atoms with E-state index < -0.39 is 12.1 Å². The molecule has 1 rings (SSSR count). The van der Waals surface area contributed by atoms with Crippen LogP contribution in [0.1, 0.15) is 26.7 Å². The second kappa shape index (κ2) is 7.63. The lowest BCUT2D eigenvalue weighted by molar-refractivity contribution is -0.154. The van der Waals surface area contributed by atoms with Crippen LogP contribution in [-0.2, 0) is 14.3 Å². The summed E-state index contributed by atoms with van der Waals surface area (Å²) in [7, 11) is 0. The van der Waals surface area contributed by atoms with E-state index in [1.165, 1.54) is 0 Å². The lowest BCUT2D eigenvalue weighted by Crippen LogP contribution is -2.55. The van der Waals surface area contributed by atoms with Crippen molar-refractivity contribution >= 4 is 23.6 Å². The third-order valence-electron chi connectivity index (χ3n) is 2.89. The Morgan fingerprint density at radius 2 is 2.22 bits per heavy atom. The highest BCUT2D eigenvalue weighted by Gasteiger charge is 2.35. The van der Waals surface area contributed by atoms with Gasteiger partial charge in [-0.25, -0.2) is 4.79 Å². The van der Waals surface area contributed by atoms with Crippen molar-refractivity contribution in [2.75, 3.05) is 24.7 Å². The highest BCUT2D eigenvalue weighted by molar-refractivity contribution is 7.99. The normalized spacial score (nSPS) is 21.5. The van der Waals surface area contributed by atoms with Crippen LogP contribution >= 0.6 is 11.8 Å². The van der Waals surface area contributed by atoms with Gasteiger partial charge < -0.3 is 15.4 Å². The Morgan fingerprint density at radius 3 is 2.83 bits per heavy atom. The summed E-state index contributed by atoms with van der Waals surface area (Å²) in [6.45, 7) is 4.66. The zero-order valence-electron chi connectivity index (χ0n) is 11.1. The number of hydrogen-bond donors (Lipinski definition) is 1. The molecule has 1 unspecified atom stereocenters. The van der Waals surface area contributed by atoms with Crippen molar-refractivity contribution < 1.29 is 14.3 Å². The number of rotatable bonds is 5. The molecule has 18 heavy (non-hydrogen) atoms. The van der Waals surface area contributed by atoms with E-state index in [1.807, 2.05) is 6.92 Å². The number of nitrogens with two attached hydrogens (primary N) is 1. The van der Waals surface area contributed by atoms with Crippen LogP contribution < -0.4 is 5.73 Å². The Bertz CT molecular complexity index is 299. The molecule has 0 aromatic heterocycles. The first-order valence-corrected chi connectivity index (χ1v) is 7.57. The van der Waals surface area contributed by atoms with Gasteiger partial charge in [-0.1, -0.05) is 13.3 Å². The van der Waals surface area contributed by atoms with Gasteiger partial charge in [-0.05, 0) is 13.3 Å². The van der Waals surface area contributed by atoms with E-state index in [0.29, 0.717) is 25.3 Å². The first-order chi connectivity index (χ1) is 8.61. The monoisotopic (exact) mass is 274 g/mol. The first-order valence-electron chi connectivity index (χ1n) is 6.42.